The number of Topliss-reactive ketones (excluding diaryl/α,β-unsaturated/α-hetero) is 1. The molecule has 0 N–H and O–H groups in total. The Morgan fingerprint density at radius 2 is 1.65 bits per heavy atom. The van der Waals surface area contributed by atoms with Crippen molar-refractivity contribution < 1.29 is 23.7 Å². The third-order valence-corrected chi connectivity index (χ3v) is 3.60. The molecule has 0 radical (unpaired) electrons. The summed E-state index contributed by atoms with van der Waals surface area (Å²) < 4.78 is 21.7. The second-order valence-electron chi connectivity index (χ2n) is 4.86. The molecule has 2 aromatic carbocycles. The molecule has 2 aromatic rings. The Balaban J connectivity index is 2.06. The van der Waals surface area contributed by atoms with E-state index < -0.39 is 0 Å². The molecule has 23 heavy (non-hydrogen) atoms. The maximum absolute atomic E-state index is 12.4. The van der Waals surface area contributed by atoms with Crippen molar-refractivity contribution in [3.63, 3.8) is 0 Å². The second kappa shape index (κ2) is 6.04. The summed E-state index contributed by atoms with van der Waals surface area (Å²) in [6.45, 7) is 0. The summed E-state index contributed by atoms with van der Waals surface area (Å²) in [5.41, 5.74) is 1.22. The van der Waals surface area contributed by atoms with Crippen LogP contribution in [-0.4, -0.2) is 27.1 Å². The van der Waals surface area contributed by atoms with Gasteiger partial charge in [-0.05, 0) is 30.3 Å². The predicted molar refractivity (Wildman–Crippen MR) is 85.5 cm³/mol. The fourth-order valence-corrected chi connectivity index (χ4v) is 2.52. The van der Waals surface area contributed by atoms with Crippen LogP contribution >= 0.6 is 0 Å². The van der Waals surface area contributed by atoms with Crippen LogP contribution < -0.4 is 18.9 Å². The molecule has 1 heterocycles. The number of carbonyl (C=O) groups is 1. The lowest BCUT2D eigenvalue weighted by molar-refractivity contribution is 0.101. The first-order valence-electron chi connectivity index (χ1n) is 7.01. The van der Waals surface area contributed by atoms with E-state index in [4.69, 9.17) is 18.9 Å². The highest BCUT2D eigenvalue weighted by atomic mass is 16.5. The van der Waals surface area contributed by atoms with Crippen LogP contribution in [-0.2, 0) is 0 Å². The zero-order chi connectivity index (χ0) is 16.4. The van der Waals surface area contributed by atoms with Crippen molar-refractivity contribution >= 4 is 11.9 Å². The Bertz CT molecular complexity index is 792. The van der Waals surface area contributed by atoms with E-state index >= 15 is 0 Å². The number of para-hydroxylation sites is 1. The molecule has 118 valence electrons. The summed E-state index contributed by atoms with van der Waals surface area (Å²) in [6, 6.07) is 10.7. The molecule has 1 aliphatic rings. The third kappa shape index (κ3) is 2.50. The van der Waals surface area contributed by atoms with Gasteiger partial charge in [-0.1, -0.05) is 12.1 Å². The van der Waals surface area contributed by atoms with E-state index in [2.05, 4.69) is 0 Å². The van der Waals surface area contributed by atoms with E-state index in [0.717, 1.165) is 0 Å². The highest BCUT2D eigenvalue weighted by molar-refractivity contribution is 6.14. The van der Waals surface area contributed by atoms with Gasteiger partial charge >= 0.3 is 0 Å². The van der Waals surface area contributed by atoms with Crippen molar-refractivity contribution in [2.75, 3.05) is 21.3 Å². The number of allylic oxidation sites excluding steroid dienone is 1. The zero-order valence-corrected chi connectivity index (χ0v) is 13.1. The normalized spacial score (nSPS) is 14.4. The quantitative estimate of drug-likeness (QED) is 0.811. The summed E-state index contributed by atoms with van der Waals surface area (Å²) >= 11 is 0. The third-order valence-electron chi connectivity index (χ3n) is 3.60. The second-order valence-corrected chi connectivity index (χ2v) is 4.86. The van der Waals surface area contributed by atoms with Crippen molar-refractivity contribution in [1.82, 2.24) is 0 Å². The van der Waals surface area contributed by atoms with Crippen molar-refractivity contribution in [3.8, 4) is 23.0 Å². The molecule has 0 aromatic heterocycles. The van der Waals surface area contributed by atoms with Crippen LogP contribution in [0.4, 0.5) is 0 Å². The summed E-state index contributed by atoms with van der Waals surface area (Å²) in [4.78, 5) is 12.4. The molecule has 5 heteroatoms. The first-order valence-corrected chi connectivity index (χ1v) is 7.01. The van der Waals surface area contributed by atoms with Crippen LogP contribution in [0.1, 0.15) is 15.9 Å². The highest BCUT2D eigenvalue weighted by Crippen LogP contribution is 2.41. The molecule has 0 spiro atoms. The Labute approximate surface area is 134 Å². The van der Waals surface area contributed by atoms with Gasteiger partial charge in [-0.15, -0.1) is 0 Å². The van der Waals surface area contributed by atoms with Crippen molar-refractivity contribution in [1.29, 1.82) is 0 Å². The van der Waals surface area contributed by atoms with Gasteiger partial charge in [0.05, 0.1) is 26.9 Å². The number of hydrogen-bond donors (Lipinski definition) is 0. The molecule has 0 aliphatic carbocycles. The average molecular weight is 312 g/mol. The Morgan fingerprint density at radius 1 is 0.913 bits per heavy atom. The molecule has 5 nitrogen and oxygen atoms in total. The van der Waals surface area contributed by atoms with E-state index in [1.54, 1.807) is 43.5 Å². The minimum atomic E-state index is -0.155. The highest BCUT2D eigenvalue weighted by Gasteiger charge is 2.27. The summed E-state index contributed by atoms with van der Waals surface area (Å²) in [6.07, 6.45) is 1.64. The van der Waals surface area contributed by atoms with E-state index in [9.17, 15) is 4.79 Å². The maximum Gasteiger partial charge on any atom is 0.231 e. The summed E-state index contributed by atoms with van der Waals surface area (Å²) in [7, 11) is 4.62. The number of benzene rings is 2. The molecular weight excluding hydrogens is 296 g/mol. The molecule has 0 amide bonds. The van der Waals surface area contributed by atoms with Crippen molar-refractivity contribution in [2.45, 2.75) is 0 Å². The van der Waals surface area contributed by atoms with Crippen LogP contribution in [0.25, 0.3) is 6.08 Å². The lowest BCUT2D eigenvalue weighted by Crippen LogP contribution is -2.00. The average Bonchev–Trinajstić information content (AvgIpc) is 2.90. The number of methoxy groups -OCH3 is 3. The fourth-order valence-electron chi connectivity index (χ4n) is 2.52. The van der Waals surface area contributed by atoms with E-state index in [1.807, 2.05) is 6.07 Å². The molecule has 3 rings (SSSR count). The number of hydrogen-bond acceptors (Lipinski definition) is 5. The first-order chi connectivity index (χ1) is 11.2. The smallest absolute Gasteiger partial charge is 0.231 e. The monoisotopic (exact) mass is 312 g/mol. The molecule has 0 fully saturated rings. The molecule has 0 atom stereocenters. The SMILES string of the molecule is COc1ccc(/C=C2/Oc3ccccc3C2=O)c(OC)c1OC. The van der Waals surface area contributed by atoms with Crippen LogP contribution in [0, 0.1) is 0 Å². The largest absolute Gasteiger partial charge is 0.493 e. The lowest BCUT2D eigenvalue weighted by Gasteiger charge is -2.14. The molecule has 1 aliphatic heterocycles. The van der Waals surface area contributed by atoms with E-state index in [1.165, 1.54) is 14.2 Å². The zero-order valence-electron chi connectivity index (χ0n) is 13.1. The standard InChI is InChI=1S/C18H16O5/c1-20-14-9-8-11(17(21-2)18(14)22-3)10-15-16(19)12-6-4-5-7-13(12)23-15/h4-10H,1-3H3/b15-10+. The van der Waals surface area contributed by atoms with Gasteiger partial charge in [-0.3, -0.25) is 4.79 Å². The van der Waals surface area contributed by atoms with Crippen LogP contribution in [0.2, 0.25) is 0 Å². The van der Waals surface area contributed by atoms with Crippen molar-refractivity contribution in [2.24, 2.45) is 0 Å². The number of ketones is 1. The Kier molecular flexibility index (Phi) is 3.93. The predicted octanol–water partition coefficient (Wildman–Crippen LogP) is 3.33. The molecular formula is C18H16O5. The van der Waals surface area contributed by atoms with Gasteiger partial charge in [0.1, 0.15) is 5.75 Å². The molecule has 0 bridgehead atoms. The maximum atomic E-state index is 12.4. The van der Waals surface area contributed by atoms with Gasteiger partial charge in [0.15, 0.2) is 17.3 Å². The van der Waals surface area contributed by atoms with Crippen LogP contribution in [0.15, 0.2) is 42.2 Å². The van der Waals surface area contributed by atoms with Crippen LogP contribution in [0.5, 0.6) is 23.0 Å². The number of fused-ring (bicyclic) bond motifs is 1. The van der Waals surface area contributed by atoms with E-state index in [0.29, 0.717) is 34.1 Å². The van der Waals surface area contributed by atoms with Crippen molar-refractivity contribution in [3.05, 3.63) is 53.3 Å². The Morgan fingerprint density at radius 3 is 2.30 bits per heavy atom. The lowest BCUT2D eigenvalue weighted by atomic mass is 10.1. The number of rotatable bonds is 4. The summed E-state index contributed by atoms with van der Waals surface area (Å²) in [5, 5.41) is 0. The summed E-state index contributed by atoms with van der Waals surface area (Å²) in [5.74, 6) is 2.14. The molecule has 0 unspecified atom stereocenters. The van der Waals surface area contributed by atoms with Gasteiger partial charge in [-0.25, -0.2) is 0 Å². The Hall–Kier alpha value is -2.95. The minimum absolute atomic E-state index is 0.155. The van der Waals surface area contributed by atoms with Crippen LogP contribution in [0.3, 0.4) is 0 Å². The number of ether oxygens (including phenoxy) is 4. The molecule has 0 saturated carbocycles. The first kappa shape index (κ1) is 15.0. The van der Waals surface area contributed by atoms with Gasteiger partial charge < -0.3 is 18.9 Å². The van der Waals surface area contributed by atoms with Gasteiger partial charge in [0.2, 0.25) is 11.5 Å². The minimum Gasteiger partial charge on any atom is -0.493 e. The van der Waals surface area contributed by atoms with E-state index in [-0.39, 0.29) is 11.5 Å². The van der Waals surface area contributed by atoms with Gasteiger partial charge in [0, 0.05) is 5.56 Å². The molecule has 0 saturated heterocycles. The topological polar surface area (TPSA) is 54.0 Å². The number of carbonyl (C=O) groups excluding carboxylic acids is 1. The fraction of sp³-hybridized carbons (Fsp3) is 0.167. The van der Waals surface area contributed by atoms with Gasteiger partial charge in [0.25, 0.3) is 0 Å². The van der Waals surface area contributed by atoms with Gasteiger partial charge in [-0.2, -0.15) is 0 Å².